The van der Waals surface area contributed by atoms with Crippen molar-refractivity contribution in [1.82, 2.24) is 15.0 Å². The smallest absolute Gasteiger partial charge is 0.274 e. The van der Waals surface area contributed by atoms with E-state index in [1.54, 1.807) is 47.6 Å². The Hall–Kier alpha value is -3.55. The van der Waals surface area contributed by atoms with Gasteiger partial charge in [-0.1, -0.05) is 23.4 Å². The monoisotopic (exact) mass is 349 g/mol. The molecule has 4 rings (SSSR count). The maximum atomic E-state index is 13.3. The zero-order chi connectivity index (χ0) is 18.1. The molecule has 26 heavy (non-hydrogen) atoms. The molecule has 0 aliphatic carbocycles. The number of hydrogen-bond acceptors (Lipinski definition) is 5. The van der Waals surface area contributed by atoms with E-state index in [4.69, 9.17) is 0 Å². The molecule has 0 unspecified atom stereocenters. The fourth-order valence-electron chi connectivity index (χ4n) is 3.32. The minimum absolute atomic E-state index is 0.0598. The summed E-state index contributed by atoms with van der Waals surface area (Å²) in [5.74, 6) is -0.211. The average Bonchev–Trinajstić information content (AvgIpc) is 3.21. The lowest BCUT2D eigenvalue weighted by atomic mass is 9.98. The van der Waals surface area contributed by atoms with Gasteiger partial charge in [-0.05, 0) is 31.0 Å². The first-order valence-electron chi connectivity index (χ1n) is 8.20. The summed E-state index contributed by atoms with van der Waals surface area (Å²) in [6.07, 6.45) is 4.47. The van der Waals surface area contributed by atoms with Crippen molar-refractivity contribution < 1.29 is 9.72 Å². The molecule has 1 aromatic heterocycles. The average molecular weight is 349 g/mol. The van der Waals surface area contributed by atoms with Crippen LogP contribution in [0.15, 0.2) is 54.9 Å². The van der Waals surface area contributed by atoms with Crippen molar-refractivity contribution in [2.45, 2.75) is 12.8 Å². The van der Waals surface area contributed by atoms with Gasteiger partial charge in [0.15, 0.2) is 0 Å². The van der Waals surface area contributed by atoms with Crippen LogP contribution >= 0.6 is 0 Å². The van der Waals surface area contributed by atoms with Gasteiger partial charge in [-0.25, -0.2) is 4.68 Å². The number of hydrogen-bond donors (Lipinski definition) is 0. The third-order valence-electron chi connectivity index (χ3n) is 4.47. The van der Waals surface area contributed by atoms with E-state index in [0.29, 0.717) is 41.9 Å². The highest BCUT2D eigenvalue weighted by molar-refractivity contribution is 6.09. The summed E-state index contributed by atoms with van der Waals surface area (Å²) in [6.45, 7) is 0.513. The van der Waals surface area contributed by atoms with E-state index >= 15 is 0 Å². The van der Waals surface area contributed by atoms with Crippen LogP contribution in [-0.4, -0.2) is 32.4 Å². The van der Waals surface area contributed by atoms with E-state index < -0.39 is 4.92 Å². The number of para-hydroxylation sites is 1. The van der Waals surface area contributed by atoms with E-state index in [1.165, 1.54) is 10.7 Å². The molecule has 0 N–H and O–H groups in total. The second-order valence-electron chi connectivity index (χ2n) is 5.96. The zero-order valence-corrected chi connectivity index (χ0v) is 13.8. The van der Waals surface area contributed by atoms with Crippen molar-refractivity contribution in [1.29, 1.82) is 0 Å². The standard InChI is InChI=1S/C18H15N5O3/c24-18(14-5-1-2-7-16(14)22-12-10-19-20-22)21-11-4-6-13-15(21)8-3-9-17(13)23(25)26/h1-3,5,7-10,12H,4,6,11H2. The summed E-state index contributed by atoms with van der Waals surface area (Å²) < 4.78 is 1.53. The van der Waals surface area contributed by atoms with Crippen LogP contribution in [-0.2, 0) is 6.42 Å². The molecule has 1 amide bonds. The lowest BCUT2D eigenvalue weighted by Gasteiger charge is -2.29. The first-order chi connectivity index (χ1) is 12.7. The van der Waals surface area contributed by atoms with E-state index in [9.17, 15) is 14.9 Å². The topological polar surface area (TPSA) is 94.2 Å². The lowest BCUT2D eigenvalue weighted by Crippen LogP contribution is -2.36. The van der Waals surface area contributed by atoms with Crippen molar-refractivity contribution in [2.75, 3.05) is 11.4 Å². The molecular weight excluding hydrogens is 334 g/mol. The third-order valence-corrected chi connectivity index (χ3v) is 4.47. The quantitative estimate of drug-likeness (QED) is 0.535. The fraction of sp³-hybridized carbons (Fsp3) is 0.167. The van der Waals surface area contributed by atoms with Crippen LogP contribution in [0, 0.1) is 10.1 Å². The van der Waals surface area contributed by atoms with Crippen molar-refractivity contribution in [3.8, 4) is 5.69 Å². The first-order valence-corrected chi connectivity index (χ1v) is 8.20. The summed E-state index contributed by atoms with van der Waals surface area (Å²) in [4.78, 5) is 25.8. The number of nitro benzene ring substituents is 1. The van der Waals surface area contributed by atoms with E-state index in [-0.39, 0.29) is 11.6 Å². The molecule has 8 nitrogen and oxygen atoms in total. The van der Waals surface area contributed by atoms with Crippen LogP contribution in [0.3, 0.4) is 0 Å². The Kier molecular flexibility index (Phi) is 3.92. The van der Waals surface area contributed by atoms with Crippen molar-refractivity contribution in [3.63, 3.8) is 0 Å². The number of fused-ring (bicyclic) bond motifs is 1. The molecule has 3 aromatic rings. The van der Waals surface area contributed by atoms with Crippen LogP contribution in [0.4, 0.5) is 11.4 Å². The van der Waals surface area contributed by atoms with Gasteiger partial charge in [-0.15, -0.1) is 5.10 Å². The molecule has 130 valence electrons. The first kappa shape index (κ1) is 15.9. The Morgan fingerprint density at radius 2 is 1.92 bits per heavy atom. The molecule has 8 heteroatoms. The van der Waals surface area contributed by atoms with Gasteiger partial charge in [0, 0.05) is 12.6 Å². The summed E-state index contributed by atoms with van der Waals surface area (Å²) in [7, 11) is 0. The molecule has 0 saturated carbocycles. The SMILES string of the molecule is O=C(c1ccccc1-n1ccnn1)N1CCCc2c1cccc2[N+](=O)[O-]. The Morgan fingerprint density at radius 3 is 2.69 bits per heavy atom. The highest BCUT2D eigenvalue weighted by atomic mass is 16.6. The maximum Gasteiger partial charge on any atom is 0.274 e. The summed E-state index contributed by atoms with van der Waals surface area (Å²) in [5, 5.41) is 19.1. The molecule has 0 radical (unpaired) electrons. The molecular formula is C18H15N5O3. The number of carbonyl (C=O) groups excluding carboxylic acids is 1. The summed E-state index contributed by atoms with van der Waals surface area (Å²) in [5.41, 5.74) is 2.36. The number of nitro groups is 1. The van der Waals surface area contributed by atoms with Gasteiger partial charge in [0.25, 0.3) is 11.6 Å². The van der Waals surface area contributed by atoms with E-state index in [2.05, 4.69) is 10.3 Å². The highest BCUT2D eigenvalue weighted by Crippen LogP contribution is 2.35. The minimum Gasteiger partial charge on any atom is -0.308 e. The number of carbonyl (C=O) groups is 1. The second kappa shape index (κ2) is 6.40. The predicted molar refractivity (Wildman–Crippen MR) is 94.5 cm³/mol. The van der Waals surface area contributed by atoms with Crippen molar-refractivity contribution >= 4 is 17.3 Å². The molecule has 2 heterocycles. The maximum absolute atomic E-state index is 13.3. The van der Waals surface area contributed by atoms with E-state index in [1.807, 2.05) is 6.07 Å². The zero-order valence-electron chi connectivity index (χ0n) is 13.8. The van der Waals surface area contributed by atoms with Gasteiger partial charge >= 0.3 is 0 Å². The Bertz CT molecular complexity index is 984. The molecule has 1 aliphatic rings. The van der Waals surface area contributed by atoms with Crippen LogP contribution < -0.4 is 4.90 Å². The minimum atomic E-state index is -0.393. The number of aromatic nitrogens is 3. The summed E-state index contributed by atoms with van der Waals surface area (Å²) >= 11 is 0. The third kappa shape index (κ3) is 2.61. The Morgan fingerprint density at radius 1 is 1.12 bits per heavy atom. The molecule has 2 aromatic carbocycles. The van der Waals surface area contributed by atoms with E-state index in [0.717, 1.165) is 0 Å². The van der Waals surface area contributed by atoms with Crippen LogP contribution in [0.25, 0.3) is 5.69 Å². The number of rotatable bonds is 3. The van der Waals surface area contributed by atoms with Gasteiger partial charge in [0.1, 0.15) is 0 Å². The van der Waals surface area contributed by atoms with Gasteiger partial charge in [-0.2, -0.15) is 0 Å². The number of benzene rings is 2. The predicted octanol–water partition coefficient (Wildman–Crippen LogP) is 2.77. The van der Waals surface area contributed by atoms with Crippen LogP contribution in [0.1, 0.15) is 22.3 Å². The van der Waals surface area contributed by atoms with Crippen LogP contribution in [0.5, 0.6) is 0 Å². The second-order valence-corrected chi connectivity index (χ2v) is 5.96. The lowest BCUT2D eigenvalue weighted by molar-refractivity contribution is -0.385. The van der Waals surface area contributed by atoms with Crippen LogP contribution in [0.2, 0.25) is 0 Å². The largest absolute Gasteiger partial charge is 0.308 e. The molecule has 0 fully saturated rings. The van der Waals surface area contributed by atoms with Gasteiger partial charge < -0.3 is 4.90 Å². The van der Waals surface area contributed by atoms with Crippen molar-refractivity contribution in [3.05, 3.63) is 76.1 Å². The molecule has 1 aliphatic heterocycles. The Balaban J connectivity index is 1.79. The number of nitrogens with zero attached hydrogens (tertiary/aromatic N) is 5. The number of amides is 1. The molecule has 0 saturated heterocycles. The van der Waals surface area contributed by atoms with Gasteiger partial charge in [0.2, 0.25) is 0 Å². The molecule has 0 bridgehead atoms. The Labute approximate surface area is 148 Å². The normalized spacial score (nSPS) is 13.3. The van der Waals surface area contributed by atoms with Crippen molar-refractivity contribution in [2.24, 2.45) is 0 Å². The molecule has 0 atom stereocenters. The number of anilines is 1. The molecule has 0 spiro atoms. The summed E-state index contributed by atoms with van der Waals surface area (Å²) in [6, 6.07) is 12.0. The van der Waals surface area contributed by atoms with Gasteiger partial charge in [-0.3, -0.25) is 14.9 Å². The fourth-order valence-corrected chi connectivity index (χ4v) is 3.32. The van der Waals surface area contributed by atoms with Gasteiger partial charge in [0.05, 0.1) is 39.8 Å². The highest BCUT2D eigenvalue weighted by Gasteiger charge is 2.29.